The maximum atomic E-state index is 12.2. The number of hydrogen-bond donors (Lipinski definition) is 0. The van der Waals surface area contributed by atoms with Crippen molar-refractivity contribution in [2.45, 2.75) is 11.0 Å². The first kappa shape index (κ1) is 15.3. The van der Waals surface area contributed by atoms with Gasteiger partial charge in [0.1, 0.15) is 11.5 Å². The fraction of sp³-hybridized carbons (Fsp3) is 0.267. The smallest absolute Gasteiger partial charge is 0.253 e. The van der Waals surface area contributed by atoms with E-state index in [1.165, 1.54) is 6.26 Å². The van der Waals surface area contributed by atoms with E-state index in [-0.39, 0.29) is 24.7 Å². The normalized spacial score (nSPS) is 15.6. The van der Waals surface area contributed by atoms with E-state index in [2.05, 4.69) is 15.9 Å². The maximum Gasteiger partial charge on any atom is 0.253 e. The number of amides is 1. The molecule has 1 fully saturated rings. The van der Waals surface area contributed by atoms with Crippen molar-refractivity contribution in [1.29, 1.82) is 0 Å². The van der Waals surface area contributed by atoms with Gasteiger partial charge in [0.15, 0.2) is 9.84 Å². The molecule has 0 saturated carbocycles. The van der Waals surface area contributed by atoms with E-state index in [0.717, 1.165) is 4.47 Å². The van der Waals surface area contributed by atoms with Gasteiger partial charge in [0, 0.05) is 23.1 Å². The van der Waals surface area contributed by atoms with E-state index in [4.69, 9.17) is 4.42 Å². The Balaban J connectivity index is 1.61. The van der Waals surface area contributed by atoms with Crippen LogP contribution in [-0.4, -0.2) is 37.6 Å². The molecule has 3 rings (SSSR count). The fourth-order valence-corrected chi connectivity index (χ4v) is 4.19. The van der Waals surface area contributed by atoms with Gasteiger partial charge in [-0.2, -0.15) is 0 Å². The molecule has 5 nitrogen and oxygen atoms in total. The van der Waals surface area contributed by atoms with Crippen molar-refractivity contribution >= 4 is 31.7 Å². The van der Waals surface area contributed by atoms with Crippen molar-refractivity contribution in [3.8, 4) is 0 Å². The van der Waals surface area contributed by atoms with E-state index in [0.29, 0.717) is 11.3 Å². The number of likely N-dealkylation sites (tertiary alicyclic amines) is 1. The summed E-state index contributed by atoms with van der Waals surface area (Å²) in [6, 6.07) is 10.3. The largest absolute Gasteiger partial charge is 0.468 e. The summed E-state index contributed by atoms with van der Waals surface area (Å²) in [7, 11) is -3.30. The van der Waals surface area contributed by atoms with Gasteiger partial charge in [0.2, 0.25) is 0 Å². The highest BCUT2D eigenvalue weighted by Crippen LogP contribution is 2.23. The molecule has 0 N–H and O–H groups in total. The number of rotatable bonds is 4. The number of sulfone groups is 1. The highest BCUT2D eigenvalue weighted by molar-refractivity contribution is 9.10. The second kappa shape index (κ2) is 5.89. The highest BCUT2D eigenvalue weighted by atomic mass is 79.9. The van der Waals surface area contributed by atoms with Crippen LogP contribution in [0.3, 0.4) is 0 Å². The second-order valence-corrected chi connectivity index (χ2v) is 8.42. The van der Waals surface area contributed by atoms with Gasteiger partial charge in [-0.1, -0.05) is 15.9 Å². The third-order valence-corrected chi connectivity index (χ3v) is 6.19. The minimum absolute atomic E-state index is 0.120. The standard InChI is InChI=1S/C15H14BrNO4S/c16-12-5-3-11(4-6-12)15(18)17-8-14(9-17)22(19,20)10-13-2-1-7-21-13/h1-7,14H,8-10H2. The lowest BCUT2D eigenvalue weighted by Crippen LogP contribution is -2.57. The summed E-state index contributed by atoms with van der Waals surface area (Å²) in [5, 5.41) is -0.517. The molecular weight excluding hydrogens is 370 g/mol. The van der Waals surface area contributed by atoms with Crippen LogP contribution in [0.4, 0.5) is 0 Å². The van der Waals surface area contributed by atoms with Crippen LogP contribution < -0.4 is 0 Å². The SMILES string of the molecule is O=C(c1ccc(Br)cc1)N1CC(S(=O)(=O)Cc2ccco2)C1. The van der Waals surface area contributed by atoms with E-state index in [1.807, 2.05) is 0 Å². The van der Waals surface area contributed by atoms with E-state index >= 15 is 0 Å². The molecule has 1 aromatic heterocycles. The Kier molecular flexibility index (Phi) is 4.10. The number of carbonyl (C=O) groups excluding carboxylic acids is 1. The molecule has 1 aromatic carbocycles. The highest BCUT2D eigenvalue weighted by Gasteiger charge is 2.40. The van der Waals surface area contributed by atoms with Crippen LogP contribution in [0.1, 0.15) is 16.1 Å². The van der Waals surface area contributed by atoms with E-state index in [1.54, 1.807) is 41.3 Å². The number of nitrogens with zero attached hydrogens (tertiary/aromatic N) is 1. The molecule has 1 aliphatic heterocycles. The first-order valence-corrected chi connectivity index (χ1v) is 9.25. The molecule has 0 atom stereocenters. The van der Waals surface area contributed by atoms with Crippen molar-refractivity contribution < 1.29 is 17.6 Å². The van der Waals surface area contributed by atoms with E-state index in [9.17, 15) is 13.2 Å². The van der Waals surface area contributed by atoms with Gasteiger partial charge in [-0.3, -0.25) is 4.79 Å². The number of carbonyl (C=O) groups is 1. The molecule has 22 heavy (non-hydrogen) atoms. The summed E-state index contributed by atoms with van der Waals surface area (Å²) in [5.74, 6) is 0.167. The number of benzene rings is 1. The predicted octanol–water partition coefficient (Wildman–Crippen LogP) is 2.48. The Labute approximate surface area is 137 Å². The summed E-state index contributed by atoms with van der Waals surface area (Å²) in [6.07, 6.45) is 1.45. The van der Waals surface area contributed by atoms with Gasteiger partial charge < -0.3 is 9.32 Å². The van der Waals surface area contributed by atoms with Gasteiger partial charge in [-0.05, 0) is 36.4 Å². The minimum atomic E-state index is -3.30. The molecule has 1 saturated heterocycles. The van der Waals surface area contributed by atoms with Crippen molar-refractivity contribution in [2.75, 3.05) is 13.1 Å². The third kappa shape index (κ3) is 3.10. The Hall–Kier alpha value is -1.60. The molecule has 0 radical (unpaired) electrons. The van der Waals surface area contributed by atoms with Crippen molar-refractivity contribution in [3.63, 3.8) is 0 Å². The Morgan fingerprint density at radius 1 is 1.23 bits per heavy atom. The number of hydrogen-bond acceptors (Lipinski definition) is 4. The van der Waals surface area contributed by atoms with Gasteiger partial charge in [-0.25, -0.2) is 8.42 Å². The molecule has 1 aliphatic rings. The first-order chi connectivity index (χ1) is 10.5. The molecular formula is C15H14BrNO4S. The Bertz CT molecular complexity index is 762. The maximum absolute atomic E-state index is 12.2. The van der Waals surface area contributed by atoms with Gasteiger partial charge >= 0.3 is 0 Å². The van der Waals surface area contributed by atoms with Crippen molar-refractivity contribution in [3.05, 3.63) is 58.5 Å². The Morgan fingerprint density at radius 2 is 1.91 bits per heavy atom. The van der Waals surface area contributed by atoms with Crippen LogP contribution in [0.2, 0.25) is 0 Å². The van der Waals surface area contributed by atoms with Gasteiger partial charge in [0.25, 0.3) is 5.91 Å². The van der Waals surface area contributed by atoms with Gasteiger partial charge in [0.05, 0.1) is 11.5 Å². The molecule has 7 heteroatoms. The van der Waals surface area contributed by atoms with Crippen molar-refractivity contribution in [1.82, 2.24) is 4.90 Å². The molecule has 0 spiro atoms. The average Bonchev–Trinajstić information content (AvgIpc) is 2.89. The minimum Gasteiger partial charge on any atom is -0.468 e. The average molecular weight is 384 g/mol. The Morgan fingerprint density at radius 3 is 2.50 bits per heavy atom. The molecule has 0 unspecified atom stereocenters. The summed E-state index contributed by atoms with van der Waals surface area (Å²) in [4.78, 5) is 13.8. The fourth-order valence-electron chi connectivity index (χ4n) is 2.32. The lowest BCUT2D eigenvalue weighted by molar-refractivity contribution is 0.0659. The zero-order valence-corrected chi connectivity index (χ0v) is 14.0. The topological polar surface area (TPSA) is 67.6 Å². The quantitative estimate of drug-likeness (QED) is 0.813. The van der Waals surface area contributed by atoms with Crippen LogP contribution in [0.5, 0.6) is 0 Å². The summed E-state index contributed by atoms with van der Waals surface area (Å²) in [5.41, 5.74) is 0.560. The number of furan rings is 1. The second-order valence-electron chi connectivity index (χ2n) is 5.23. The van der Waals surface area contributed by atoms with Crippen LogP contribution in [-0.2, 0) is 15.6 Å². The lowest BCUT2D eigenvalue weighted by Gasteiger charge is -2.38. The summed E-state index contributed by atoms with van der Waals surface area (Å²) < 4.78 is 30.4. The zero-order chi connectivity index (χ0) is 15.7. The summed E-state index contributed by atoms with van der Waals surface area (Å²) in [6.45, 7) is 0.468. The molecule has 2 aromatic rings. The molecule has 0 bridgehead atoms. The zero-order valence-electron chi connectivity index (χ0n) is 11.6. The molecule has 1 amide bonds. The van der Waals surface area contributed by atoms with E-state index < -0.39 is 15.1 Å². The van der Waals surface area contributed by atoms with Crippen LogP contribution in [0.15, 0.2) is 51.6 Å². The number of halogens is 1. The van der Waals surface area contributed by atoms with Crippen LogP contribution in [0, 0.1) is 0 Å². The third-order valence-electron chi connectivity index (χ3n) is 3.66. The van der Waals surface area contributed by atoms with Gasteiger partial charge in [-0.15, -0.1) is 0 Å². The first-order valence-electron chi connectivity index (χ1n) is 6.74. The van der Waals surface area contributed by atoms with Crippen LogP contribution in [0.25, 0.3) is 0 Å². The lowest BCUT2D eigenvalue weighted by atomic mass is 10.1. The monoisotopic (exact) mass is 383 g/mol. The molecule has 116 valence electrons. The predicted molar refractivity (Wildman–Crippen MR) is 85.2 cm³/mol. The van der Waals surface area contributed by atoms with Crippen LogP contribution >= 0.6 is 15.9 Å². The molecule has 0 aliphatic carbocycles. The molecule has 2 heterocycles. The van der Waals surface area contributed by atoms with Crippen molar-refractivity contribution in [2.24, 2.45) is 0 Å². The summed E-state index contributed by atoms with van der Waals surface area (Å²) >= 11 is 3.31.